The van der Waals surface area contributed by atoms with Crippen molar-refractivity contribution in [3.05, 3.63) is 0 Å². The molecule has 5 heteroatoms. The highest BCUT2D eigenvalue weighted by molar-refractivity contribution is 5.87. The number of carbonyl (C=O) groups is 2. The monoisotopic (exact) mass is 213 g/mol. The zero-order chi connectivity index (χ0) is 11.4. The van der Waals surface area contributed by atoms with Gasteiger partial charge in [0.1, 0.15) is 6.04 Å². The number of likely N-dealkylation sites (tertiary alicyclic amines) is 1. The molecular formula is C10H19N3O2. The smallest absolute Gasteiger partial charge is 0.240 e. The van der Waals surface area contributed by atoms with Crippen LogP contribution in [0.1, 0.15) is 32.6 Å². The Balaban J connectivity index is 2.47. The van der Waals surface area contributed by atoms with Crippen LogP contribution in [0.15, 0.2) is 0 Å². The largest absolute Gasteiger partial charge is 0.368 e. The quantitative estimate of drug-likeness (QED) is 0.665. The summed E-state index contributed by atoms with van der Waals surface area (Å²) < 4.78 is 0. The molecule has 1 rings (SSSR count). The maximum absolute atomic E-state index is 11.7. The fourth-order valence-corrected chi connectivity index (χ4v) is 1.86. The van der Waals surface area contributed by atoms with Gasteiger partial charge in [0.2, 0.25) is 11.8 Å². The lowest BCUT2D eigenvalue weighted by atomic mass is 10.1. The molecule has 1 saturated heterocycles. The van der Waals surface area contributed by atoms with Crippen LogP contribution in [0.4, 0.5) is 0 Å². The molecule has 86 valence electrons. The maximum atomic E-state index is 11.7. The van der Waals surface area contributed by atoms with E-state index >= 15 is 0 Å². The average molecular weight is 213 g/mol. The summed E-state index contributed by atoms with van der Waals surface area (Å²) >= 11 is 0. The van der Waals surface area contributed by atoms with Crippen LogP contribution in [0.2, 0.25) is 0 Å². The first-order chi connectivity index (χ1) is 7.02. The zero-order valence-electron chi connectivity index (χ0n) is 9.11. The second kappa shape index (κ2) is 5.11. The van der Waals surface area contributed by atoms with E-state index in [1.807, 2.05) is 6.92 Å². The molecule has 15 heavy (non-hydrogen) atoms. The van der Waals surface area contributed by atoms with Crippen molar-refractivity contribution in [1.82, 2.24) is 4.90 Å². The summed E-state index contributed by atoms with van der Waals surface area (Å²) in [4.78, 5) is 24.4. The molecule has 0 aromatic carbocycles. The molecule has 2 unspecified atom stereocenters. The molecule has 0 aromatic rings. The van der Waals surface area contributed by atoms with Crippen LogP contribution in [0.3, 0.4) is 0 Å². The van der Waals surface area contributed by atoms with Crippen molar-refractivity contribution < 1.29 is 9.59 Å². The Kier molecular flexibility index (Phi) is 4.08. The van der Waals surface area contributed by atoms with Crippen LogP contribution < -0.4 is 11.5 Å². The highest BCUT2D eigenvalue weighted by Gasteiger charge is 2.32. The Morgan fingerprint density at radius 1 is 1.53 bits per heavy atom. The Morgan fingerprint density at radius 3 is 2.73 bits per heavy atom. The molecule has 0 bridgehead atoms. The fourth-order valence-electron chi connectivity index (χ4n) is 1.86. The highest BCUT2D eigenvalue weighted by Crippen LogP contribution is 2.18. The van der Waals surface area contributed by atoms with E-state index in [-0.39, 0.29) is 11.9 Å². The molecule has 1 aliphatic rings. The van der Waals surface area contributed by atoms with Gasteiger partial charge >= 0.3 is 0 Å². The number of amides is 2. The van der Waals surface area contributed by atoms with Crippen LogP contribution in [0.25, 0.3) is 0 Å². The summed E-state index contributed by atoms with van der Waals surface area (Å²) in [6.45, 7) is 2.51. The van der Waals surface area contributed by atoms with Crippen LogP contribution in [0, 0.1) is 0 Å². The van der Waals surface area contributed by atoms with Crippen LogP contribution in [-0.4, -0.2) is 35.3 Å². The summed E-state index contributed by atoms with van der Waals surface area (Å²) in [5.74, 6) is -0.407. The van der Waals surface area contributed by atoms with Crippen molar-refractivity contribution >= 4 is 11.8 Å². The lowest BCUT2D eigenvalue weighted by Crippen LogP contribution is -2.43. The SMILES string of the molecule is CC(N)CCC(=O)N1CCCC1C(N)=O. The third kappa shape index (κ3) is 3.20. The van der Waals surface area contributed by atoms with E-state index in [2.05, 4.69) is 0 Å². The summed E-state index contributed by atoms with van der Waals surface area (Å²) in [5.41, 5.74) is 10.8. The van der Waals surface area contributed by atoms with Gasteiger partial charge in [-0.1, -0.05) is 0 Å². The van der Waals surface area contributed by atoms with Crippen molar-refractivity contribution in [3.8, 4) is 0 Å². The molecule has 2 atom stereocenters. The maximum Gasteiger partial charge on any atom is 0.240 e. The predicted octanol–water partition coefficient (Wildman–Crippen LogP) is -0.410. The van der Waals surface area contributed by atoms with E-state index in [9.17, 15) is 9.59 Å². The molecule has 1 fully saturated rings. The first-order valence-electron chi connectivity index (χ1n) is 5.36. The standard InChI is InChI=1S/C10H19N3O2/c1-7(11)4-5-9(14)13-6-2-3-8(13)10(12)15/h7-8H,2-6,11H2,1H3,(H2,12,15). The number of nitrogens with zero attached hydrogens (tertiary/aromatic N) is 1. The van der Waals surface area contributed by atoms with Crippen molar-refractivity contribution in [3.63, 3.8) is 0 Å². The van der Waals surface area contributed by atoms with Crippen LogP contribution in [-0.2, 0) is 9.59 Å². The highest BCUT2D eigenvalue weighted by atomic mass is 16.2. The molecule has 0 aliphatic carbocycles. The third-order valence-corrected chi connectivity index (χ3v) is 2.72. The van der Waals surface area contributed by atoms with Crippen LogP contribution in [0.5, 0.6) is 0 Å². The van der Waals surface area contributed by atoms with Gasteiger partial charge in [-0.15, -0.1) is 0 Å². The molecule has 1 aliphatic heterocycles. The zero-order valence-corrected chi connectivity index (χ0v) is 9.11. The minimum absolute atomic E-state index is 0.00593. The molecule has 0 spiro atoms. The van der Waals surface area contributed by atoms with Gasteiger partial charge in [-0.3, -0.25) is 9.59 Å². The van der Waals surface area contributed by atoms with E-state index in [1.165, 1.54) is 0 Å². The van der Waals surface area contributed by atoms with Gasteiger partial charge in [0.05, 0.1) is 0 Å². The van der Waals surface area contributed by atoms with Gasteiger partial charge in [-0.2, -0.15) is 0 Å². The van der Waals surface area contributed by atoms with Crippen molar-refractivity contribution in [1.29, 1.82) is 0 Å². The van der Waals surface area contributed by atoms with Gasteiger partial charge in [0, 0.05) is 19.0 Å². The first kappa shape index (κ1) is 12.0. The number of hydrogen-bond acceptors (Lipinski definition) is 3. The summed E-state index contributed by atoms with van der Waals surface area (Å²) in [5, 5.41) is 0. The lowest BCUT2D eigenvalue weighted by Gasteiger charge is -2.22. The minimum atomic E-state index is -0.401. The fraction of sp³-hybridized carbons (Fsp3) is 0.800. The van der Waals surface area contributed by atoms with E-state index in [1.54, 1.807) is 4.90 Å². The molecule has 5 nitrogen and oxygen atoms in total. The van der Waals surface area contributed by atoms with Gasteiger partial charge in [0.25, 0.3) is 0 Å². The Hall–Kier alpha value is -1.10. The minimum Gasteiger partial charge on any atom is -0.368 e. The molecule has 2 amide bonds. The predicted molar refractivity (Wildman–Crippen MR) is 56.8 cm³/mol. The molecule has 0 aromatic heterocycles. The summed E-state index contributed by atoms with van der Waals surface area (Å²) in [6, 6.07) is -0.380. The molecular weight excluding hydrogens is 194 g/mol. The van der Waals surface area contributed by atoms with Gasteiger partial charge in [0.15, 0.2) is 0 Å². The summed E-state index contributed by atoms with van der Waals surface area (Å²) in [6.07, 6.45) is 2.61. The molecule has 0 saturated carbocycles. The second-order valence-corrected chi connectivity index (χ2v) is 4.16. The number of nitrogens with two attached hydrogens (primary N) is 2. The topological polar surface area (TPSA) is 89.4 Å². The number of primary amides is 1. The van der Waals surface area contributed by atoms with Crippen molar-refractivity contribution in [2.24, 2.45) is 11.5 Å². The third-order valence-electron chi connectivity index (χ3n) is 2.72. The van der Waals surface area contributed by atoms with Gasteiger partial charge < -0.3 is 16.4 Å². The van der Waals surface area contributed by atoms with Crippen molar-refractivity contribution in [2.45, 2.75) is 44.7 Å². The van der Waals surface area contributed by atoms with E-state index in [0.717, 1.165) is 6.42 Å². The average Bonchev–Trinajstić information content (AvgIpc) is 2.62. The number of rotatable bonds is 4. The van der Waals surface area contributed by atoms with E-state index in [4.69, 9.17) is 11.5 Å². The van der Waals surface area contributed by atoms with Crippen LogP contribution >= 0.6 is 0 Å². The molecule has 4 N–H and O–H groups in total. The number of hydrogen-bond donors (Lipinski definition) is 2. The van der Waals surface area contributed by atoms with Gasteiger partial charge in [-0.25, -0.2) is 0 Å². The number of carbonyl (C=O) groups excluding carboxylic acids is 2. The van der Waals surface area contributed by atoms with E-state index in [0.29, 0.717) is 25.8 Å². The van der Waals surface area contributed by atoms with Crippen molar-refractivity contribution in [2.75, 3.05) is 6.54 Å². The van der Waals surface area contributed by atoms with E-state index < -0.39 is 11.9 Å². The Morgan fingerprint density at radius 2 is 2.20 bits per heavy atom. The first-order valence-corrected chi connectivity index (χ1v) is 5.36. The van der Waals surface area contributed by atoms with Gasteiger partial charge in [-0.05, 0) is 26.2 Å². The Labute approximate surface area is 89.8 Å². The normalized spacial score (nSPS) is 22.8. The Bertz CT molecular complexity index is 253. The summed E-state index contributed by atoms with van der Waals surface area (Å²) in [7, 11) is 0. The molecule has 0 radical (unpaired) electrons. The molecule has 1 heterocycles. The lowest BCUT2D eigenvalue weighted by molar-refractivity contribution is -0.137. The second-order valence-electron chi connectivity index (χ2n) is 4.16.